The topological polar surface area (TPSA) is 28.2 Å². The lowest BCUT2D eigenvalue weighted by Crippen LogP contribution is -2.38. The van der Waals surface area contributed by atoms with Gasteiger partial charge in [0.15, 0.2) is 0 Å². The van der Waals surface area contributed by atoms with E-state index in [-0.39, 0.29) is 5.54 Å². The third kappa shape index (κ3) is 4.67. The van der Waals surface area contributed by atoms with Gasteiger partial charge in [-0.05, 0) is 44.9 Å². The molecule has 4 heteroatoms. The normalized spacial score (nSPS) is 20.2. The van der Waals surface area contributed by atoms with E-state index >= 15 is 0 Å². The molecule has 0 spiro atoms. The van der Waals surface area contributed by atoms with Gasteiger partial charge in [-0.3, -0.25) is 0 Å². The Morgan fingerprint density at radius 1 is 1.45 bits per heavy atom. The fourth-order valence-corrected chi connectivity index (χ4v) is 3.47. The Morgan fingerprint density at radius 3 is 2.95 bits per heavy atom. The lowest BCUT2D eigenvalue weighted by atomic mass is 10.1. The maximum atomic E-state index is 4.57. The molecular weight excluding hydrogens is 266 g/mol. The molecule has 1 aliphatic rings. The van der Waals surface area contributed by atoms with Gasteiger partial charge in [-0.1, -0.05) is 6.92 Å². The van der Waals surface area contributed by atoms with E-state index in [2.05, 4.69) is 66.8 Å². The molecule has 112 valence electrons. The molecule has 1 unspecified atom stereocenters. The summed E-state index contributed by atoms with van der Waals surface area (Å²) in [5, 5.41) is 4.29. The number of nitrogens with zero attached hydrogens (tertiary/aromatic N) is 2. The molecule has 2 heterocycles. The van der Waals surface area contributed by atoms with Crippen molar-refractivity contribution in [1.82, 2.24) is 10.3 Å². The smallest absolute Gasteiger partial charge is 0.128 e. The predicted octanol–water partition coefficient (Wildman–Crippen LogP) is 3.30. The molecule has 0 amide bonds. The highest BCUT2D eigenvalue weighted by Gasteiger charge is 2.20. The minimum atomic E-state index is 0.151. The Balaban J connectivity index is 2.01. The van der Waals surface area contributed by atoms with Crippen molar-refractivity contribution in [2.24, 2.45) is 0 Å². The van der Waals surface area contributed by atoms with Gasteiger partial charge in [0.2, 0.25) is 0 Å². The summed E-state index contributed by atoms with van der Waals surface area (Å²) >= 11 is 2.10. The van der Waals surface area contributed by atoms with Crippen LogP contribution in [0.1, 0.15) is 39.7 Å². The summed E-state index contributed by atoms with van der Waals surface area (Å²) in [6.45, 7) is 12.0. The van der Waals surface area contributed by atoms with Crippen LogP contribution in [-0.2, 0) is 6.54 Å². The van der Waals surface area contributed by atoms with E-state index in [9.17, 15) is 0 Å². The van der Waals surface area contributed by atoms with E-state index in [0.717, 1.165) is 30.7 Å². The molecule has 1 atom stereocenters. The number of pyridine rings is 1. The zero-order chi connectivity index (χ0) is 14.6. The highest BCUT2D eigenvalue weighted by molar-refractivity contribution is 8.00. The quantitative estimate of drug-likeness (QED) is 0.922. The number of anilines is 1. The fraction of sp³-hybridized carbons (Fsp3) is 0.688. The molecule has 0 saturated carbocycles. The molecular formula is C16H27N3S. The molecule has 1 aliphatic heterocycles. The number of nitrogens with one attached hydrogen (secondary N) is 1. The maximum Gasteiger partial charge on any atom is 0.128 e. The highest BCUT2D eigenvalue weighted by atomic mass is 32.2. The summed E-state index contributed by atoms with van der Waals surface area (Å²) in [7, 11) is 0. The van der Waals surface area contributed by atoms with Gasteiger partial charge in [-0.2, -0.15) is 11.8 Å². The van der Waals surface area contributed by atoms with Crippen LogP contribution in [-0.4, -0.2) is 34.6 Å². The van der Waals surface area contributed by atoms with E-state index in [4.69, 9.17) is 0 Å². The first-order valence-electron chi connectivity index (χ1n) is 7.54. The van der Waals surface area contributed by atoms with Gasteiger partial charge < -0.3 is 10.2 Å². The Kier molecular flexibility index (Phi) is 5.33. The Morgan fingerprint density at radius 2 is 2.25 bits per heavy atom. The minimum absolute atomic E-state index is 0.151. The van der Waals surface area contributed by atoms with Gasteiger partial charge >= 0.3 is 0 Å². The van der Waals surface area contributed by atoms with Crippen molar-refractivity contribution in [3.8, 4) is 0 Å². The largest absolute Gasteiger partial charge is 0.355 e. The second kappa shape index (κ2) is 6.81. The molecule has 1 saturated heterocycles. The molecule has 0 aromatic carbocycles. The minimum Gasteiger partial charge on any atom is -0.355 e. The first-order chi connectivity index (χ1) is 9.48. The summed E-state index contributed by atoms with van der Waals surface area (Å²) < 4.78 is 0. The summed E-state index contributed by atoms with van der Waals surface area (Å²) in [6, 6.07) is 4.35. The molecule has 1 aromatic rings. The zero-order valence-corrected chi connectivity index (χ0v) is 14.0. The number of hydrogen-bond donors (Lipinski definition) is 1. The van der Waals surface area contributed by atoms with Crippen LogP contribution in [0, 0.1) is 0 Å². The summed E-state index contributed by atoms with van der Waals surface area (Å²) in [4.78, 5) is 7.00. The first kappa shape index (κ1) is 15.6. The summed E-state index contributed by atoms with van der Waals surface area (Å²) in [5.74, 6) is 2.35. The van der Waals surface area contributed by atoms with Gasteiger partial charge in [-0.25, -0.2) is 4.98 Å². The van der Waals surface area contributed by atoms with Gasteiger partial charge in [0.1, 0.15) is 5.82 Å². The van der Waals surface area contributed by atoms with E-state index in [1.807, 2.05) is 6.20 Å². The van der Waals surface area contributed by atoms with Crippen molar-refractivity contribution in [3.63, 3.8) is 0 Å². The maximum absolute atomic E-state index is 4.57. The number of rotatable bonds is 4. The Hall–Kier alpha value is -0.740. The van der Waals surface area contributed by atoms with Gasteiger partial charge in [0.05, 0.1) is 0 Å². The van der Waals surface area contributed by atoms with Crippen LogP contribution < -0.4 is 10.2 Å². The van der Waals surface area contributed by atoms with Crippen LogP contribution in [0.2, 0.25) is 0 Å². The third-order valence-electron chi connectivity index (χ3n) is 3.55. The van der Waals surface area contributed by atoms with Crippen LogP contribution in [0.4, 0.5) is 5.82 Å². The molecule has 1 fully saturated rings. The van der Waals surface area contributed by atoms with E-state index < -0.39 is 0 Å². The predicted molar refractivity (Wildman–Crippen MR) is 89.6 cm³/mol. The van der Waals surface area contributed by atoms with Crippen molar-refractivity contribution in [2.45, 2.75) is 51.4 Å². The van der Waals surface area contributed by atoms with E-state index in [1.54, 1.807) is 0 Å². The second-order valence-electron chi connectivity index (χ2n) is 6.47. The zero-order valence-electron chi connectivity index (χ0n) is 13.1. The van der Waals surface area contributed by atoms with E-state index in [0.29, 0.717) is 0 Å². The molecule has 2 rings (SSSR count). The number of hydrogen-bond acceptors (Lipinski definition) is 4. The van der Waals surface area contributed by atoms with Crippen molar-refractivity contribution in [3.05, 3.63) is 23.9 Å². The number of thioether (sulfide) groups is 1. The Labute approximate surface area is 127 Å². The monoisotopic (exact) mass is 293 g/mol. The van der Waals surface area contributed by atoms with Gasteiger partial charge in [0, 0.05) is 42.4 Å². The fourth-order valence-electron chi connectivity index (χ4n) is 2.29. The van der Waals surface area contributed by atoms with Crippen LogP contribution in [0.25, 0.3) is 0 Å². The summed E-state index contributed by atoms with van der Waals surface area (Å²) in [5.41, 5.74) is 1.47. The highest BCUT2D eigenvalue weighted by Crippen LogP contribution is 2.25. The summed E-state index contributed by atoms with van der Waals surface area (Å²) in [6.07, 6.45) is 3.18. The second-order valence-corrected chi connectivity index (χ2v) is 7.88. The van der Waals surface area contributed by atoms with Crippen molar-refractivity contribution >= 4 is 17.6 Å². The lowest BCUT2D eigenvalue weighted by molar-refractivity contribution is 0.424. The first-order valence-corrected chi connectivity index (χ1v) is 8.59. The molecule has 0 aliphatic carbocycles. The van der Waals surface area contributed by atoms with Crippen molar-refractivity contribution in [2.75, 3.05) is 23.7 Å². The molecule has 0 bridgehead atoms. The SMILES string of the molecule is CCC1CN(c2cc(CNC(C)(C)C)ccn2)CCS1. The molecule has 1 aromatic heterocycles. The average Bonchev–Trinajstić information content (AvgIpc) is 2.45. The van der Waals surface area contributed by atoms with E-state index in [1.165, 1.54) is 17.7 Å². The van der Waals surface area contributed by atoms with Crippen LogP contribution in [0.5, 0.6) is 0 Å². The van der Waals surface area contributed by atoms with Crippen LogP contribution in [0.15, 0.2) is 18.3 Å². The standard InChI is InChI=1S/C16H27N3S/c1-5-14-12-19(8-9-20-14)15-10-13(6-7-17-15)11-18-16(2,3)4/h6-7,10,14,18H,5,8-9,11-12H2,1-4H3. The molecule has 3 nitrogen and oxygen atoms in total. The number of aromatic nitrogens is 1. The molecule has 1 N–H and O–H groups in total. The van der Waals surface area contributed by atoms with Gasteiger partial charge in [-0.15, -0.1) is 0 Å². The van der Waals surface area contributed by atoms with Crippen LogP contribution in [0.3, 0.4) is 0 Å². The van der Waals surface area contributed by atoms with Crippen molar-refractivity contribution in [1.29, 1.82) is 0 Å². The lowest BCUT2D eigenvalue weighted by Gasteiger charge is -2.33. The molecule has 0 radical (unpaired) electrons. The average molecular weight is 293 g/mol. The van der Waals surface area contributed by atoms with Crippen LogP contribution >= 0.6 is 11.8 Å². The van der Waals surface area contributed by atoms with Gasteiger partial charge in [0.25, 0.3) is 0 Å². The third-order valence-corrected chi connectivity index (χ3v) is 4.92. The Bertz CT molecular complexity index is 428. The molecule has 20 heavy (non-hydrogen) atoms. The van der Waals surface area contributed by atoms with Crippen molar-refractivity contribution < 1.29 is 0 Å².